The zero-order chi connectivity index (χ0) is 17.0. The molecule has 0 aromatic heterocycles. The van der Waals surface area contributed by atoms with Crippen molar-refractivity contribution in [2.45, 2.75) is 37.6 Å². The van der Waals surface area contributed by atoms with Gasteiger partial charge in [0.05, 0.1) is 18.1 Å². The van der Waals surface area contributed by atoms with Crippen LogP contribution in [-0.4, -0.2) is 21.1 Å². The number of sulfonamides is 1. The molecule has 6 heteroatoms. The van der Waals surface area contributed by atoms with Gasteiger partial charge in [0.1, 0.15) is 11.9 Å². The van der Waals surface area contributed by atoms with Crippen LogP contribution in [0.15, 0.2) is 53.4 Å². The van der Waals surface area contributed by atoms with Gasteiger partial charge in [0.2, 0.25) is 10.0 Å². The van der Waals surface area contributed by atoms with Gasteiger partial charge in [-0.05, 0) is 41.8 Å². The molecule has 0 spiro atoms. The second-order valence-corrected chi connectivity index (χ2v) is 7.50. The lowest BCUT2D eigenvalue weighted by Crippen LogP contribution is -2.35. The number of benzene rings is 2. The van der Waals surface area contributed by atoms with Gasteiger partial charge in [0.25, 0.3) is 0 Å². The number of rotatable bonds is 7. The van der Waals surface area contributed by atoms with Crippen molar-refractivity contribution in [3.63, 3.8) is 0 Å². The number of para-hydroxylation sites is 1. The maximum atomic E-state index is 12.5. The zero-order valence-electron chi connectivity index (χ0n) is 13.6. The Kier molecular flexibility index (Phi) is 5.18. The van der Waals surface area contributed by atoms with Gasteiger partial charge in [-0.1, -0.05) is 31.2 Å². The summed E-state index contributed by atoms with van der Waals surface area (Å²) >= 11 is 0. The van der Waals surface area contributed by atoms with Crippen molar-refractivity contribution in [1.82, 2.24) is 4.72 Å². The van der Waals surface area contributed by atoms with Gasteiger partial charge in [-0.3, -0.25) is 0 Å². The summed E-state index contributed by atoms with van der Waals surface area (Å²) in [5.74, 6) is 0.734. The highest BCUT2D eigenvalue weighted by molar-refractivity contribution is 7.89. The molecule has 1 aliphatic rings. The van der Waals surface area contributed by atoms with E-state index in [9.17, 15) is 8.42 Å². The Balaban J connectivity index is 1.65. The molecule has 0 amide bonds. The highest BCUT2D eigenvalue weighted by Crippen LogP contribution is 2.23. The van der Waals surface area contributed by atoms with Gasteiger partial charge < -0.3 is 9.47 Å². The molecule has 0 bridgehead atoms. The van der Waals surface area contributed by atoms with E-state index in [1.165, 1.54) is 0 Å². The summed E-state index contributed by atoms with van der Waals surface area (Å²) < 4.78 is 38.8. The lowest BCUT2D eigenvalue weighted by molar-refractivity contribution is 0.134. The van der Waals surface area contributed by atoms with Crippen molar-refractivity contribution in [3.05, 3.63) is 59.7 Å². The van der Waals surface area contributed by atoms with Gasteiger partial charge in [0, 0.05) is 6.54 Å². The Morgan fingerprint density at radius 3 is 2.62 bits per heavy atom. The van der Waals surface area contributed by atoms with Gasteiger partial charge in [-0.15, -0.1) is 0 Å². The number of ether oxygens (including phenoxy) is 2. The third-order valence-corrected chi connectivity index (χ3v) is 5.43. The van der Waals surface area contributed by atoms with Crippen LogP contribution in [0.1, 0.15) is 24.5 Å². The molecule has 1 aliphatic heterocycles. The molecule has 0 saturated carbocycles. The van der Waals surface area contributed by atoms with E-state index in [2.05, 4.69) is 4.72 Å². The highest BCUT2D eigenvalue weighted by Gasteiger charge is 2.20. The predicted molar refractivity (Wildman–Crippen MR) is 91.3 cm³/mol. The molecule has 5 nitrogen and oxygen atoms in total. The van der Waals surface area contributed by atoms with E-state index >= 15 is 0 Å². The van der Waals surface area contributed by atoms with Gasteiger partial charge in [0.15, 0.2) is 0 Å². The van der Waals surface area contributed by atoms with Crippen molar-refractivity contribution in [2.24, 2.45) is 0 Å². The minimum atomic E-state index is -3.56. The maximum Gasteiger partial charge on any atom is 0.240 e. The third kappa shape index (κ3) is 3.95. The molecule has 0 saturated heterocycles. The molecule has 1 unspecified atom stereocenters. The molecule has 2 aromatic carbocycles. The van der Waals surface area contributed by atoms with Crippen LogP contribution in [0, 0.1) is 0 Å². The van der Waals surface area contributed by atoms with Crippen LogP contribution in [0.3, 0.4) is 0 Å². The van der Waals surface area contributed by atoms with E-state index < -0.39 is 10.0 Å². The third-order valence-electron chi connectivity index (χ3n) is 4.01. The van der Waals surface area contributed by atoms with Crippen LogP contribution < -0.4 is 9.46 Å². The average Bonchev–Trinajstić information content (AvgIpc) is 3.07. The van der Waals surface area contributed by atoms with E-state index in [1.54, 1.807) is 12.1 Å². The molecular weight excluding hydrogens is 326 g/mol. The topological polar surface area (TPSA) is 64.6 Å². The fraction of sp³-hybridized carbons (Fsp3) is 0.333. The van der Waals surface area contributed by atoms with Crippen LogP contribution in [-0.2, 0) is 28.0 Å². The summed E-state index contributed by atoms with van der Waals surface area (Å²) in [6, 6.07) is 14.5. The fourth-order valence-corrected chi connectivity index (χ4v) is 3.68. The number of hydrogen-bond donors (Lipinski definition) is 1. The highest BCUT2D eigenvalue weighted by atomic mass is 32.2. The van der Waals surface area contributed by atoms with Crippen LogP contribution >= 0.6 is 0 Å². The van der Waals surface area contributed by atoms with Crippen LogP contribution in [0.2, 0.25) is 0 Å². The fourth-order valence-electron chi connectivity index (χ4n) is 2.56. The number of nitrogens with one attached hydrogen (secondary N) is 1. The summed E-state index contributed by atoms with van der Waals surface area (Å²) in [7, 11) is -3.56. The first-order chi connectivity index (χ1) is 11.6. The summed E-state index contributed by atoms with van der Waals surface area (Å²) in [6.45, 7) is 3.20. The molecule has 2 aromatic rings. The SMILES string of the molecule is CCC(CNS(=O)(=O)c1ccc2c(c1)COC2)Oc1ccccc1. The Morgan fingerprint density at radius 2 is 1.88 bits per heavy atom. The lowest BCUT2D eigenvalue weighted by Gasteiger charge is -2.18. The lowest BCUT2D eigenvalue weighted by atomic mass is 10.1. The molecule has 24 heavy (non-hydrogen) atoms. The molecule has 3 rings (SSSR count). The van der Waals surface area contributed by atoms with E-state index in [0.717, 1.165) is 16.9 Å². The van der Waals surface area contributed by atoms with E-state index in [-0.39, 0.29) is 17.5 Å². The quantitative estimate of drug-likeness (QED) is 0.836. The minimum Gasteiger partial charge on any atom is -0.489 e. The van der Waals surface area contributed by atoms with Gasteiger partial charge in [-0.25, -0.2) is 13.1 Å². The summed E-state index contributed by atoms with van der Waals surface area (Å²) in [4.78, 5) is 0.265. The van der Waals surface area contributed by atoms with Gasteiger partial charge >= 0.3 is 0 Å². The van der Waals surface area contributed by atoms with Crippen LogP contribution in [0.5, 0.6) is 5.75 Å². The molecule has 0 radical (unpaired) electrons. The first-order valence-electron chi connectivity index (χ1n) is 7.99. The van der Waals surface area contributed by atoms with Gasteiger partial charge in [-0.2, -0.15) is 0 Å². The smallest absolute Gasteiger partial charge is 0.240 e. The standard InChI is InChI=1S/C18H21NO4S/c1-2-16(23-17-6-4-3-5-7-17)11-19-24(20,21)18-9-8-14-12-22-13-15(14)10-18/h3-10,16,19H,2,11-13H2,1H3. The molecular formula is C18H21NO4S. The summed E-state index contributed by atoms with van der Waals surface area (Å²) in [5, 5.41) is 0. The molecule has 0 aliphatic carbocycles. The monoisotopic (exact) mass is 347 g/mol. The minimum absolute atomic E-state index is 0.222. The van der Waals surface area contributed by atoms with Crippen molar-refractivity contribution < 1.29 is 17.9 Å². The first kappa shape index (κ1) is 17.0. The van der Waals surface area contributed by atoms with E-state index in [1.807, 2.05) is 43.3 Å². The summed E-state index contributed by atoms with van der Waals surface area (Å²) in [6.07, 6.45) is 0.482. The molecule has 0 fully saturated rings. The normalized spacial score (nSPS) is 15.0. The second kappa shape index (κ2) is 7.34. The molecule has 1 N–H and O–H groups in total. The Bertz CT molecular complexity index is 790. The van der Waals surface area contributed by atoms with Crippen LogP contribution in [0.4, 0.5) is 0 Å². The Labute approximate surface area is 142 Å². The van der Waals surface area contributed by atoms with E-state index in [0.29, 0.717) is 19.6 Å². The Hall–Kier alpha value is -1.89. The molecule has 1 atom stereocenters. The molecule has 1 heterocycles. The predicted octanol–water partition coefficient (Wildman–Crippen LogP) is 2.85. The van der Waals surface area contributed by atoms with Crippen molar-refractivity contribution >= 4 is 10.0 Å². The first-order valence-corrected chi connectivity index (χ1v) is 9.47. The Morgan fingerprint density at radius 1 is 1.12 bits per heavy atom. The second-order valence-electron chi connectivity index (χ2n) is 5.74. The van der Waals surface area contributed by atoms with Crippen molar-refractivity contribution in [1.29, 1.82) is 0 Å². The number of fused-ring (bicyclic) bond motifs is 1. The van der Waals surface area contributed by atoms with E-state index in [4.69, 9.17) is 9.47 Å². The van der Waals surface area contributed by atoms with Crippen molar-refractivity contribution in [3.8, 4) is 5.75 Å². The van der Waals surface area contributed by atoms with Crippen molar-refractivity contribution in [2.75, 3.05) is 6.54 Å². The maximum absolute atomic E-state index is 12.5. The van der Waals surface area contributed by atoms with Crippen LogP contribution in [0.25, 0.3) is 0 Å². The zero-order valence-corrected chi connectivity index (χ0v) is 14.4. The average molecular weight is 347 g/mol. The summed E-state index contributed by atoms with van der Waals surface area (Å²) in [5.41, 5.74) is 1.98. The largest absolute Gasteiger partial charge is 0.489 e. The number of hydrogen-bond acceptors (Lipinski definition) is 4. The molecule has 128 valence electrons.